The Kier molecular flexibility index (Phi) is 4.87. The highest BCUT2D eigenvalue weighted by Crippen LogP contribution is 2.33. The molecule has 2 aromatic heterocycles. The number of hydrogen-bond donors (Lipinski definition) is 2. The van der Waals surface area contributed by atoms with Gasteiger partial charge in [-0.15, -0.1) is 0 Å². The molecule has 0 aliphatic rings. The highest BCUT2D eigenvalue weighted by atomic mass is 35.5. The summed E-state index contributed by atoms with van der Waals surface area (Å²) in [5, 5.41) is 14.4. The third-order valence-corrected chi connectivity index (χ3v) is 6.02. The van der Waals surface area contributed by atoms with Gasteiger partial charge in [-0.2, -0.15) is 0 Å². The Bertz CT molecular complexity index is 1460. The number of para-hydroxylation sites is 1. The molecule has 0 aliphatic heterocycles. The van der Waals surface area contributed by atoms with Crippen LogP contribution in [-0.4, -0.2) is 20.2 Å². The predicted octanol–water partition coefficient (Wildman–Crippen LogP) is 5.04. The molecule has 0 radical (unpaired) electrons. The van der Waals surface area contributed by atoms with E-state index in [0.29, 0.717) is 19.9 Å². The van der Waals surface area contributed by atoms with E-state index in [0.717, 1.165) is 11.3 Å². The number of H-pyrrole nitrogens is 1. The van der Waals surface area contributed by atoms with Gasteiger partial charge in [0.15, 0.2) is 3.95 Å². The van der Waals surface area contributed by atoms with Gasteiger partial charge < -0.3 is 10.3 Å². The van der Waals surface area contributed by atoms with E-state index in [9.17, 15) is 19.7 Å². The molecule has 29 heavy (non-hydrogen) atoms. The summed E-state index contributed by atoms with van der Waals surface area (Å²) in [7, 11) is 0. The van der Waals surface area contributed by atoms with Gasteiger partial charge in [0.1, 0.15) is 21.2 Å². The van der Waals surface area contributed by atoms with Gasteiger partial charge >= 0.3 is 5.69 Å². The molecular weight excluding hydrogens is 459 g/mol. The quantitative estimate of drug-likeness (QED) is 0.249. The van der Waals surface area contributed by atoms with Crippen molar-refractivity contribution < 1.29 is 9.72 Å². The first-order valence-corrected chi connectivity index (χ1v) is 9.87. The van der Waals surface area contributed by atoms with Gasteiger partial charge in [0.25, 0.3) is 11.5 Å². The lowest BCUT2D eigenvalue weighted by Crippen LogP contribution is -2.15. The number of halogens is 2. The van der Waals surface area contributed by atoms with Crippen molar-refractivity contribution in [2.75, 3.05) is 5.32 Å². The third-order valence-electron chi connectivity index (χ3n) is 4.11. The fourth-order valence-corrected chi connectivity index (χ4v) is 4.58. The van der Waals surface area contributed by atoms with Crippen molar-refractivity contribution in [1.29, 1.82) is 0 Å². The second kappa shape index (κ2) is 7.23. The van der Waals surface area contributed by atoms with Crippen molar-refractivity contribution >= 4 is 80.6 Å². The Morgan fingerprint density at radius 2 is 2.03 bits per heavy atom. The van der Waals surface area contributed by atoms with E-state index >= 15 is 0 Å². The van der Waals surface area contributed by atoms with Crippen LogP contribution in [0.1, 0.15) is 9.67 Å². The standard InChI is InChI=1S/C17H8Cl2N4O4S2/c18-7-4-5-8-11(6-7)22-14(21-15(8)24)13(29-17(22)28)16(25)20-10-3-1-2-9(19)12(10)23(26)27/h1-6H,(H,20,25)(H,21,24). The summed E-state index contributed by atoms with van der Waals surface area (Å²) in [6.45, 7) is 0. The number of aromatic nitrogens is 2. The fraction of sp³-hybridized carbons (Fsp3) is 0. The molecule has 8 nitrogen and oxygen atoms in total. The second-order valence-electron chi connectivity index (χ2n) is 5.84. The molecule has 12 heteroatoms. The predicted molar refractivity (Wildman–Crippen MR) is 115 cm³/mol. The van der Waals surface area contributed by atoms with E-state index in [-0.39, 0.29) is 21.2 Å². The number of benzene rings is 2. The second-order valence-corrected chi connectivity index (χ2v) is 8.33. The highest BCUT2D eigenvalue weighted by Gasteiger charge is 2.23. The lowest BCUT2D eigenvalue weighted by molar-refractivity contribution is -0.383. The van der Waals surface area contributed by atoms with Crippen molar-refractivity contribution in [1.82, 2.24) is 9.38 Å². The summed E-state index contributed by atoms with van der Waals surface area (Å²) >= 11 is 18.3. The molecule has 0 saturated heterocycles. The Morgan fingerprint density at radius 1 is 1.28 bits per heavy atom. The molecule has 146 valence electrons. The zero-order valence-corrected chi connectivity index (χ0v) is 17.2. The largest absolute Gasteiger partial charge is 0.315 e. The van der Waals surface area contributed by atoms with Crippen LogP contribution in [-0.2, 0) is 0 Å². The number of anilines is 1. The fourth-order valence-electron chi connectivity index (χ4n) is 2.90. The number of amides is 1. The first-order chi connectivity index (χ1) is 13.8. The van der Waals surface area contributed by atoms with Gasteiger partial charge in [0, 0.05) is 5.02 Å². The zero-order valence-electron chi connectivity index (χ0n) is 14.1. The van der Waals surface area contributed by atoms with Crippen molar-refractivity contribution in [3.8, 4) is 0 Å². The number of nitrogens with one attached hydrogen (secondary N) is 2. The molecule has 0 atom stereocenters. The summed E-state index contributed by atoms with van der Waals surface area (Å²) in [5.74, 6) is -0.675. The summed E-state index contributed by atoms with van der Waals surface area (Å²) < 4.78 is 1.83. The van der Waals surface area contributed by atoms with Gasteiger partial charge in [0.2, 0.25) is 0 Å². The number of nitro groups is 1. The number of hydrogen-bond acceptors (Lipinski definition) is 6. The molecule has 2 aromatic carbocycles. The number of aromatic amines is 1. The number of thiazole rings is 1. The maximum absolute atomic E-state index is 12.9. The minimum absolute atomic E-state index is 0.0730. The molecule has 0 aliphatic carbocycles. The molecule has 0 fully saturated rings. The van der Waals surface area contributed by atoms with Crippen LogP contribution in [0, 0.1) is 14.1 Å². The summed E-state index contributed by atoms with van der Waals surface area (Å²) in [6, 6.07) is 8.89. The van der Waals surface area contributed by atoms with Gasteiger partial charge in [-0.3, -0.25) is 24.1 Å². The van der Waals surface area contributed by atoms with Crippen molar-refractivity contribution in [3.63, 3.8) is 0 Å². The van der Waals surface area contributed by atoms with Crippen molar-refractivity contribution in [3.05, 3.63) is 75.7 Å². The van der Waals surface area contributed by atoms with Crippen LogP contribution in [0.2, 0.25) is 10.0 Å². The highest BCUT2D eigenvalue weighted by molar-refractivity contribution is 7.73. The molecule has 0 bridgehead atoms. The lowest BCUT2D eigenvalue weighted by atomic mass is 10.2. The van der Waals surface area contributed by atoms with E-state index in [2.05, 4.69) is 10.3 Å². The molecule has 0 saturated carbocycles. The van der Waals surface area contributed by atoms with E-state index in [1.54, 1.807) is 18.2 Å². The van der Waals surface area contributed by atoms with E-state index in [1.165, 1.54) is 22.6 Å². The average molecular weight is 467 g/mol. The van der Waals surface area contributed by atoms with Crippen LogP contribution in [0.15, 0.2) is 41.2 Å². The summed E-state index contributed by atoms with van der Waals surface area (Å²) in [6.07, 6.45) is 0. The summed E-state index contributed by atoms with van der Waals surface area (Å²) in [4.78, 5) is 38.7. The van der Waals surface area contributed by atoms with Crippen LogP contribution >= 0.6 is 46.8 Å². The van der Waals surface area contributed by atoms with E-state index in [4.69, 9.17) is 35.4 Å². The molecule has 4 rings (SSSR count). The normalized spacial score (nSPS) is 11.1. The minimum Gasteiger partial charge on any atom is -0.315 e. The Hall–Kier alpha value is -2.79. The first-order valence-electron chi connectivity index (χ1n) is 7.89. The van der Waals surface area contributed by atoms with Crippen LogP contribution in [0.5, 0.6) is 0 Å². The molecule has 2 heterocycles. The first kappa shape index (κ1) is 19.5. The van der Waals surface area contributed by atoms with Crippen LogP contribution in [0.4, 0.5) is 11.4 Å². The van der Waals surface area contributed by atoms with E-state index in [1.807, 2.05) is 0 Å². The molecular formula is C17H8Cl2N4O4S2. The monoisotopic (exact) mass is 466 g/mol. The SMILES string of the molecule is O=C(Nc1cccc(Cl)c1[N+](=O)[O-])c1sc(=S)n2c1[nH]c(=O)c1ccc(Cl)cc12. The third kappa shape index (κ3) is 3.29. The Labute approximate surface area is 180 Å². The number of carbonyl (C=O) groups is 1. The van der Waals surface area contributed by atoms with E-state index < -0.39 is 22.1 Å². The maximum atomic E-state index is 12.9. The molecule has 0 spiro atoms. The number of fused-ring (bicyclic) bond motifs is 3. The average Bonchev–Trinajstić information content (AvgIpc) is 2.98. The molecule has 1 amide bonds. The topological polar surface area (TPSA) is 110 Å². The number of nitrogens with zero attached hydrogens (tertiary/aromatic N) is 2. The summed E-state index contributed by atoms with van der Waals surface area (Å²) in [5.41, 5.74) is -0.309. The lowest BCUT2D eigenvalue weighted by Gasteiger charge is -2.07. The van der Waals surface area contributed by atoms with Gasteiger partial charge in [-0.25, -0.2) is 0 Å². The maximum Gasteiger partial charge on any atom is 0.311 e. The van der Waals surface area contributed by atoms with Crippen LogP contribution in [0.25, 0.3) is 16.6 Å². The van der Waals surface area contributed by atoms with Crippen LogP contribution in [0.3, 0.4) is 0 Å². The molecule has 0 unspecified atom stereocenters. The molecule has 2 N–H and O–H groups in total. The van der Waals surface area contributed by atoms with Gasteiger partial charge in [-0.1, -0.05) is 40.6 Å². The Balaban J connectivity index is 1.90. The minimum atomic E-state index is -0.685. The Morgan fingerprint density at radius 3 is 2.76 bits per heavy atom. The number of carbonyl (C=O) groups excluding carboxylic acids is 1. The van der Waals surface area contributed by atoms with Crippen molar-refractivity contribution in [2.24, 2.45) is 0 Å². The van der Waals surface area contributed by atoms with Gasteiger partial charge in [-0.05, 0) is 42.5 Å². The van der Waals surface area contributed by atoms with Gasteiger partial charge in [0.05, 0.1) is 15.8 Å². The van der Waals surface area contributed by atoms with Crippen LogP contribution < -0.4 is 10.9 Å². The zero-order chi connectivity index (χ0) is 20.9. The molecule has 4 aromatic rings. The number of nitro benzene ring substituents is 1. The van der Waals surface area contributed by atoms with Crippen molar-refractivity contribution in [2.45, 2.75) is 0 Å². The number of rotatable bonds is 3. The smallest absolute Gasteiger partial charge is 0.311 e.